The third-order valence-electron chi connectivity index (χ3n) is 3.19. The van der Waals surface area contributed by atoms with Crippen molar-refractivity contribution in [2.24, 2.45) is 0 Å². The maximum Gasteiger partial charge on any atom is 0.126 e. The lowest BCUT2D eigenvalue weighted by Crippen LogP contribution is -2.05. The standard InChI is InChI=1S/C16H20N2O/c1-3-15(19)14-9-10-16(18-12(14)2)17-11-13-7-5-4-6-8-13/h4-10,15,19H,3,11H2,1-2H3,(H,17,18)/t15-/m0/s1. The summed E-state index contributed by atoms with van der Waals surface area (Å²) in [4.78, 5) is 4.49. The van der Waals surface area contributed by atoms with Gasteiger partial charge in [-0.25, -0.2) is 4.98 Å². The van der Waals surface area contributed by atoms with Crippen molar-refractivity contribution >= 4 is 5.82 Å². The lowest BCUT2D eigenvalue weighted by atomic mass is 10.1. The van der Waals surface area contributed by atoms with E-state index < -0.39 is 6.10 Å². The van der Waals surface area contributed by atoms with E-state index in [-0.39, 0.29) is 0 Å². The third-order valence-corrected chi connectivity index (χ3v) is 3.19. The van der Waals surface area contributed by atoms with Gasteiger partial charge in [-0.1, -0.05) is 43.3 Å². The summed E-state index contributed by atoms with van der Waals surface area (Å²) < 4.78 is 0. The lowest BCUT2D eigenvalue weighted by Gasteiger charge is -2.13. The second-order valence-electron chi connectivity index (χ2n) is 4.63. The Hall–Kier alpha value is -1.87. The minimum atomic E-state index is -0.421. The van der Waals surface area contributed by atoms with Crippen molar-refractivity contribution in [2.45, 2.75) is 32.9 Å². The predicted molar refractivity (Wildman–Crippen MR) is 78.0 cm³/mol. The van der Waals surface area contributed by atoms with Gasteiger partial charge < -0.3 is 10.4 Å². The molecule has 1 aromatic heterocycles. The highest BCUT2D eigenvalue weighted by molar-refractivity contribution is 5.40. The molecule has 0 aliphatic rings. The zero-order valence-electron chi connectivity index (χ0n) is 11.4. The van der Waals surface area contributed by atoms with Gasteiger partial charge in [-0.05, 0) is 25.0 Å². The molecule has 0 unspecified atom stereocenters. The second kappa shape index (κ2) is 6.34. The van der Waals surface area contributed by atoms with Crippen molar-refractivity contribution in [3.63, 3.8) is 0 Å². The fraction of sp³-hybridized carbons (Fsp3) is 0.312. The van der Waals surface area contributed by atoms with E-state index in [0.29, 0.717) is 6.42 Å². The van der Waals surface area contributed by atoms with Gasteiger partial charge in [0.25, 0.3) is 0 Å². The Morgan fingerprint density at radius 1 is 1.16 bits per heavy atom. The van der Waals surface area contributed by atoms with Crippen LogP contribution in [0, 0.1) is 6.92 Å². The number of hydrogen-bond donors (Lipinski definition) is 2. The van der Waals surface area contributed by atoms with E-state index in [9.17, 15) is 5.11 Å². The minimum absolute atomic E-state index is 0.421. The van der Waals surface area contributed by atoms with E-state index in [1.807, 2.05) is 44.2 Å². The summed E-state index contributed by atoms with van der Waals surface area (Å²) in [5.74, 6) is 0.841. The SMILES string of the molecule is CC[C@H](O)c1ccc(NCc2ccccc2)nc1C. The summed E-state index contributed by atoms with van der Waals surface area (Å²) in [7, 11) is 0. The molecule has 0 aliphatic heterocycles. The summed E-state index contributed by atoms with van der Waals surface area (Å²) in [6.45, 7) is 4.65. The Morgan fingerprint density at radius 3 is 2.53 bits per heavy atom. The molecule has 19 heavy (non-hydrogen) atoms. The Labute approximate surface area is 114 Å². The Morgan fingerprint density at radius 2 is 1.89 bits per heavy atom. The zero-order chi connectivity index (χ0) is 13.7. The molecule has 1 aromatic carbocycles. The number of anilines is 1. The molecule has 0 spiro atoms. The molecule has 3 heteroatoms. The normalized spacial score (nSPS) is 12.2. The van der Waals surface area contributed by atoms with Crippen LogP contribution in [0.2, 0.25) is 0 Å². The van der Waals surface area contributed by atoms with Crippen LogP contribution in [0.25, 0.3) is 0 Å². The number of aliphatic hydroxyl groups is 1. The Kier molecular flexibility index (Phi) is 4.53. The number of aromatic nitrogens is 1. The van der Waals surface area contributed by atoms with Gasteiger partial charge in [0, 0.05) is 17.8 Å². The summed E-state index contributed by atoms with van der Waals surface area (Å²) in [5.41, 5.74) is 3.01. The fourth-order valence-corrected chi connectivity index (χ4v) is 2.03. The van der Waals surface area contributed by atoms with Gasteiger partial charge in [0.2, 0.25) is 0 Å². The van der Waals surface area contributed by atoms with Crippen LogP contribution >= 0.6 is 0 Å². The largest absolute Gasteiger partial charge is 0.388 e. The third kappa shape index (κ3) is 3.55. The molecular formula is C16H20N2O. The maximum absolute atomic E-state index is 9.85. The van der Waals surface area contributed by atoms with Crippen molar-refractivity contribution in [1.29, 1.82) is 0 Å². The van der Waals surface area contributed by atoms with Crippen LogP contribution in [0.1, 0.15) is 36.3 Å². The van der Waals surface area contributed by atoms with Crippen LogP contribution in [0.3, 0.4) is 0 Å². The summed E-state index contributed by atoms with van der Waals surface area (Å²) >= 11 is 0. The van der Waals surface area contributed by atoms with Crippen LogP contribution in [0.4, 0.5) is 5.82 Å². The number of nitrogens with one attached hydrogen (secondary N) is 1. The molecule has 1 atom stereocenters. The first-order valence-electron chi connectivity index (χ1n) is 6.64. The highest BCUT2D eigenvalue weighted by Gasteiger charge is 2.09. The average Bonchev–Trinajstić information content (AvgIpc) is 2.45. The van der Waals surface area contributed by atoms with Crippen molar-refractivity contribution in [2.75, 3.05) is 5.32 Å². The molecule has 0 saturated heterocycles. The van der Waals surface area contributed by atoms with Crippen molar-refractivity contribution in [3.05, 3.63) is 59.3 Å². The van der Waals surface area contributed by atoms with Gasteiger partial charge in [-0.3, -0.25) is 0 Å². The zero-order valence-corrected chi connectivity index (χ0v) is 11.4. The number of hydrogen-bond acceptors (Lipinski definition) is 3. The molecule has 0 amide bonds. The maximum atomic E-state index is 9.85. The molecule has 2 aromatic rings. The molecule has 1 heterocycles. The number of pyridine rings is 1. The quantitative estimate of drug-likeness (QED) is 0.861. The second-order valence-corrected chi connectivity index (χ2v) is 4.63. The van der Waals surface area contributed by atoms with Crippen LogP contribution in [-0.4, -0.2) is 10.1 Å². The smallest absolute Gasteiger partial charge is 0.126 e. The predicted octanol–water partition coefficient (Wildman–Crippen LogP) is 3.45. The van der Waals surface area contributed by atoms with Crippen LogP contribution in [0.15, 0.2) is 42.5 Å². The molecule has 3 nitrogen and oxygen atoms in total. The molecule has 2 N–H and O–H groups in total. The minimum Gasteiger partial charge on any atom is -0.388 e. The van der Waals surface area contributed by atoms with E-state index in [1.54, 1.807) is 0 Å². The number of benzene rings is 1. The number of rotatable bonds is 5. The molecule has 0 radical (unpaired) electrons. The van der Waals surface area contributed by atoms with Crippen molar-refractivity contribution in [1.82, 2.24) is 4.98 Å². The summed E-state index contributed by atoms with van der Waals surface area (Å²) in [6.07, 6.45) is 0.287. The summed E-state index contributed by atoms with van der Waals surface area (Å²) in [5, 5.41) is 13.1. The first-order valence-corrected chi connectivity index (χ1v) is 6.64. The first-order chi connectivity index (χ1) is 9.20. The highest BCUT2D eigenvalue weighted by Crippen LogP contribution is 2.20. The number of aliphatic hydroxyl groups excluding tert-OH is 1. The first kappa shape index (κ1) is 13.6. The van der Waals surface area contributed by atoms with E-state index >= 15 is 0 Å². The molecule has 0 aliphatic carbocycles. The molecule has 2 rings (SSSR count). The van der Waals surface area contributed by atoms with Crippen molar-refractivity contribution in [3.8, 4) is 0 Å². The lowest BCUT2D eigenvalue weighted by molar-refractivity contribution is 0.172. The molecule has 0 fully saturated rings. The molecule has 0 bridgehead atoms. The van der Waals surface area contributed by atoms with Gasteiger partial charge >= 0.3 is 0 Å². The van der Waals surface area contributed by atoms with E-state index in [4.69, 9.17) is 0 Å². The fourth-order valence-electron chi connectivity index (χ4n) is 2.03. The van der Waals surface area contributed by atoms with Gasteiger partial charge in [0.15, 0.2) is 0 Å². The molecule has 100 valence electrons. The molecule has 0 saturated carbocycles. The van der Waals surface area contributed by atoms with Gasteiger partial charge in [0.05, 0.1) is 6.10 Å². The topological polar surface area (TPSA) is 45.1 Å². The van der Waals surface area contributed by atoms with E-state index in [1.165, 1.54) is 5.56 Å². The highest BCUT2D eigenvalue weighted by atomic mass is 16.3. The monoisotopic (exact) mass is 256 g/mol. The summed E-state index contributed by atoms with van der Waals surface area (Å²) in [6, 6.07) is 14.1. The van der Waals surface area contributed by atoms with Crippen LogP contribution in [-0.2, 0) is 6.54 Å². The van der Waals surface area contributed by atoms with Gasteiger partial charge in [-0.2, -0.15) is 0 Å². The van der Waals surface area contributed by atoms with Crippen LogP contribution < -0.4 is 5.32 Å². The van der Waals surface area contributed by atoms with Crippen LogP contribution in [0.5, 0.6) is 0 Å². The van der Waals surface area contributed by atoms with Crippen molar-refractivity contribution < 1.29 is 5.11 Å². The Balaban J connectivity index is 2.04. The van der Waals surface area contributed by atoms with E-state index in [2.05, 4.69) is 22.4 Å². The average molecular weight is 256 g/mol. The molecular weight excluding hydrogens is 236 g/mol. The Bertz CT molecular complexity index is 526. The van der Waals surface area contributed by atoms with E-state index in [0.717, 1.165) is 23.6 Å². The van der Waals surface area contributed by atoms with Gasteiger partial charge in [-0.15, -0.1) is 0 Å². The number of aryl methyl sites for hydroxylation is 1. The van der Waals surface area contributed by atoms with Gasteiger partial charge in [0.1, 0.15) is 5.82 Å². The number of nitrogens with zero attached hydrogens (tertiary/aromatic N) is 1.